The molecule has 0 amide bonds. The molecule has 0 unspecified atom stereocenters. The third kappa shape index (κ3) is 3.82. The highest BCUT2D eigenvalue weighted by atomic mass is 16.6. The van der Waals surface area contributed by atoms with E-state index in [0.29, 0.717) is 29.2 Å². The van der Waals surface area contributed by atoms with Gasteiger partial charge in [-0.15, -0.1) is 0 Å². The van der Waals surface area contributed by atoms with Gasteiger partial charge < -0.3 is 14.7 Å². The largest absolute Gasteiger partial charge is 0.490 e. The summed E-state index contributed by atoms with van der Waals surface area (Å²) in [6.07, 6.45) is 1.27. The zero-order chi connectivity index (χ0) is 15.1. The number of ether oxygens (including phenoxy) is 2. The summed E-state index contributed by atoms with van der Waals surface area (Å²) < 4.78 is 10.8. The molecule has 0 fully saturated rings. The summed E-state index contributed by atoms with van der Waals surface area (Å²) >= 11 is 0. The molecule has 0 radical (unpaired) electrons. The first-order valence-electron chi connectivity index (χ1n) is 6.46. The third-order valence-electron chi connectivity index (χ3n) is 2.69. The molecule has 5 nitrogen and oxygen atoms in total. The smallest absolute Gasteiger partial charge is 0.343 e. The van der Waals surface area contributed by atoms with Crippen molar-refractivity contribution in [3.05, 3.63) is 59.7 Å². The van der Waals surface area contributed by atoms with Gasteiger partial charge in [0.2, 0.25) is 0 Å². The minimum atomic E-state index is -0.458. The van der Waals surface area contributed by atoms with Gasteiger partial charge in [-0.2, -0.15) is 0 Å². The number of nitrogens with zero attached hydrogens (tertiary/aromatic N) is 1. The van der Waals surface area contributed by atoms with Crippen LogP contribution in [-0.2, 0) is 0 Å². The van der Waals surface area contributed by atoms with Crippen LogP contribution >= 0.6 is 0 Å². The Morgan fingerprint density at radius 3 is 2.62 bits per heavy atom. The first-order valence-corrected chi connectivity index (χ1v) is 6.46. The van der Waals surface area contributed by atoms with Crippen molar-refractivity contribution in [2.45, 2.75) is 6.92 Å². The summed E-state index contributed by atoms with van der Waals surface area (Å²) in [5, 5.41) is 11.5. The molecule has 5 heteroatoms. The second kappa shape index (κ2) is 7.09. The first-order chi connectivity index (χ1) is 10.2. The van der Waals surface area contributed by atoms with Crippen LogP contribution in [0.25, 0.3) is 0 Å². The molecule has 0 aliphatic carbocycles. The maximum absolute atomic E-state index is 12.0. The van der Waals surface area contributed by atoms with Gasteiger partial charge in [0.25, 0.3) is 0 Å². The van der Waals surface area contributed by atoms with Crippen LogP contribution in [0.4, 0.5) is 0 Å². The second-order valence-corrected chi connectivity index (χ2v) is 4.14. The van der Waals surface area contributed by atoms with E-state index in [0.717, 1.165) is 0 Å². The maximum Gasteiger partial charge on any atom is 0.343 e. The summed E-state index contributed by atoms with van der Waals surface area (Å²) in [5.41, 5.74) is 1.10. The Hall–Kier alpha value is -2.82. The quantitative estimate of drug-likeness (QED) is 0.301. The average molecular weight is 285 g/mol. The van der Waals surface area contributed by atoms with Gasteiger partial charge in [-0.05, 0) is 37.3 Å². The molecule has 108 valence electrons. The lowest BCUT2D eigenvalue weighted by atomic mass is 10.2. The van der Waals surface area contributed by atoms with Gasteiger partial charge in [0.1, 0.15) is 0 Å². The minimum absolute atomic E-state index is 0.320. The Bertz CT molecular complexity index is 638. The minimum Gasteiger partial charge on any atom is -0.490 e. The van der Waals surface area contributed by atoms with E-state index in [9.17, 15) is 4.79 Å². The van der Waals surface area contributed by atoms with Crippen molar-refractivity contribution >= 4 is 12.2 Å². The molecule has 0 aliphatic rings. The van der Waals surface area contributed by atoms with E-state index in [1.807, 2.05) is 13.0 Å². The van der Waals surface area contributed by atoms with Crippen molar-refractivity contribution < 1.29 is 19.5 Å². The lowest BCUT2D eigenvalue weighted by Gasteiger charge is -2.11. The van der Waals surface area contributed by atoms with Crippen LogP contribution in [0, 0.1) is 0 Å². The fourth-order valence-corrected chi connectivity index (χ4v) is 1.76. The fraction of sp³-hybridized carbons (Fsp3) is 0.125. The Labute approximate surface area is 122 Å². The van der Waals surface area contributed by atoms with E-state index in [2.05, 4.69) is 5.16 Å². The lowest BCUT2D eigenvalue weighted by molar-refractivity contribution is 0.0728. The normalized spacial score (nSPS) is 10.5. The van der Waals surface area contributed by atoms with Gasteiger partial charge in [0.05, 0.1) is 18.4 Å². The third-order valence-corrected chi connectivity index (χ3v) is 2.69. The van der Waals surface area contributed by atoms with Crippen LogP contribution in [0.1, 0.15) is 22.8 Å². The Morgan fingerprint density at radius 2 is 1.95 bits per heavy atom. The maximum atomic E-state index is 12.0. The molecular weight excluding hydrogens is 270 g/mol. The number of rotatable bonds is 5. The van der Waals surface area contributed by atoms with Crippen LogP contribution in [0.2, 0.25) is 0 Å². The Kier molecular flexibility index (Phi) is 4.93. The molecule has 0 saturated heterocycles. The van der Waals surface area contributed by atoms with Crippen molar-refractivity contribution in [2.24, 2.45) is 5.16 Å². The number of carbonyl (C=O) groups excluding carboxylic acids is 1. The molecule has 2 rings (SSSR count). The molecule has 0 aromatic heterocycles. The van der Waals surface area contributed by atoms with Crippen molar-refractivity contribution in [3.63, 3.8) is 0 Å². The Morgan fingerprint density at radius 1 is 1.19 bits per heavy atom. The summed E-state index contributed by atoms with van der Waals surface area (Å²) in [5.74, 6) is 0.278. The standard InChI is InChI=1S/C16H15NO4/c1-2-20-15-10-12(11-17-19)8-9-14(15)21-16(18)13-6-4-3-5-7-13/h3-11,19H,2H2,1H3/b17-11+. The topological polar surface area (TPSA) is 68.1 Å². The first kappa shape index (κ1) is 14.6. The van der Waals surface area contributed by atoms with Gasteiger partial charge in [-0.1, -0.05) is 23.4 Å². The van der Waals surface area contributed by atoms with E-state index in [-0.39, 0.29) is 0 Å². The molecule has 0 aliphatic heterocycles. The lowest BCUT2D eigenvalue weighted by Crippen LogP contribution is -2.09. The van der Waals surface area contributed by atoms with Crippen LogP contribution < -0.4 is 9.47 Å². The van der Waals surface area contributed by atoms with Crippen molar-refractivity contribution in [1.82, 2.24) is 0 Å². The highest BCUT2D eigenvalue weighted by Gasteiger charge is 2.12. The van der Waals surface area contributed by atoms with E-state index < -0.39 is 5.97 Å². The summed E-state index contributed by atoms with van der Waals surface area (Å²) in [6, 6.07) is 13.6. The number of carbonyl (C=O) groups is 1. The molecule has 2 aromatic carbocycles. The summed E-state index contributed by atoms with van der Waals surface area (Å²) in [6.45, 7) is 2.26. The monoisotopic (exact) mass is 285 g/mol. The van der Waals surface area contributed by atoms with E-state index in [1.54, 1.807) is 42.5 Å². The molecule has 2 aromatic rings. The highest BCUT2D eigenvalue weighted by Crippen LogP contribution is 2.28. The van der Waals surface area contributed by atoms with Crippen LogP contribution in [0.15, 0.2) is 53.7 Å². The van der Waals surface area contributed by atoms with E-state index in [4.69, 9.17) is 14.7 Å². The molecule has 21 heavy (non-hydrogen) atoms. The summed E-state index contributed by atoms with van der Waals surface area (Å²) in [7, 11) is 0. The van der Waals surface area contributed by atoms with Gasteiger partial charge in [-0.25, -0.2) is 4.79 Å². The van der Waals surface area contributed by atoms with Gasteiger partial charge in [0, 0.05) is 5.56 Å². The molecule has 0 atom stereocenters. The van der Waals surface area contributed by atoms with Crippen LogP contribution in [0.5, 0.6) is 11.5 Å². The van der Waals surface area contributed by atoms with Crippen molar-refractivity contribution in [3.8, 4) is 11.5 Å². The predicted molar refractivity (Wildman–Crippen MR) is 78.4 cm³/mol. The highest BCUT2D eigenvalue weighted by molar-refractivity contribution is 5.91. The van der Waals surface area contributed by atoms with Gasteiger partial charge in [0.15, 0.2) is 11.5 Å². The Balaban J connectivity index is 2.24. The van der Waals surface area contributed by atoms with Gasteiger partial charge in [-0.3, -0.25) is 0 Å². The van der Waals surface area contributed by atoms with E-state index in [1.165, 1.54) is 6.21 Å². The molecule has 0 heterocycles. The zero-order valence-electron chi connectivity index (χ0n) is 11.5. The fourth-order valence-electron chi connectivity index (χ4n) is 1.76. The molecule has 0 bridgehead atoms. The molecule has 1 N–H and O–H groups in total. The number of benzene rings is 2. The molecule has 0 saturated carbocycles. The van der Waals surface area contributed by atoms with Crippen LogP contribution in [-0.4, -0.2) is 24.0 Å². The average Bonchev–Trinajstić information content (AvgIpc) is 2.51. The van der Waals surface area contributed by atoms with E-state index >= 15 is 0 Å². The van der Waals surface area contributed by atoms with Crippen molar-refractivity contribution in [1.29, 1.82) is 0 Å². The SMILES string of the molecule is CCOc1cc(/C=N/O)ccc1OC(=O)c1ccccc1. The second-order valence-electron chi connectivity index (χ2n) is 4.14. The van der Waals surface area contributed by atoms with Gasteiger partial charge >= 0.3 is 5.97 Å². The number of hydrogen-bond acceptors (Lipinski definition) is 5. The molecule has 0 spiro atoms. The zero-order valence-corrected chi connectivity index (χ0v) is 11.5. The van der Waals surface area contributed by atoms with Crippen molar-refractivity contribution in [2.75, 3.05) is 6.61 Å². The predicted octanol–water partition coefficient (Wildman–Crippen LogP) is 3.11. The number of oxime groups is 1. The number of hydrogen-bond donors (Lipinski definition) is 1. The number of esters is 1. The molecular formula is C16H15NO4. The summed E-state index contributed by atoms with van der Waals surface area (Å²) in [4.78, 5) is 12.0. The van der Waals surface area contributed by atoms with Crippen LogP contribution in [0.3, 0.4) is 0 Å².